The van der Waals surface area contributed by atoms with E-state index in [1.54, 1.807) is 6.07 Å². The van der Waals surface area contributed by atoms with E-state index in [4.69, 9.17) is 4.74 Å². The van der Waals surface area contributed by atoms with Crippen molar-refractivity contribution in [3.8, 4) is 16.9 Å². The minimum atomic E-state index is -0.579. The van der Waals surface area contributed by atoms with Crippen LogP contribution in [0, 0.1) is 11.6 Å². The van der Waals surface area contributed by atoms with E-state index in [2.05, 4.69) is 0 Å². The summed E-state index contributed by atoms with van der Waals surface area (Å²) in [7, 11) is 1.46. The molecule has 0 aliphatic rings. The maximum atomic E-state index is 13.6. The molecule has 0 aromatic heterocycles. The molecular formula is C14H10F2O2. The fourth-order valence-corrected chi connectivity index (χ4v) is 1.71. The van der Waals surface area contributed by atoms with Crippen LogP contribution in [-0.2, 0) is 0 Å². The minimum Gasteiger partial charge on any atom is -0.497 e. The maximum absolute atomic E-state index is 13.6. The van der Waals surface area contributed by atoms with Gasteiger partial charge in [-0.3, -0.25) is 4.79 Å². The highest BCUT2D eigenvalue weighted by Crippen LogP contribution is 2.29. The predicted molar refractivity (Wildman–Crippen MR) is 63.7 cm³/mol. The van der Waals surface area contributed by atoms with Crippen LogP contribution in [-0.4, -0.2) is 13.4 Å². The summed E-state index contributed by atoms with van der Waals surface area (Å²) in [5, 5.41) is 0. The Balaban J connectivity index is 2.63. The van der Waals surface area contributed by atoms with Gasteiger partial charge in [0.1, 0.15) is 17.4 Å². The molecule has 0 atom stereocenters. The third kappa shape index (κ3) is 2.22. The van der Waals surface area contributed by atoms with Crippen LogP contribution in [0.15, 0.2) is 36.4 Å². The highest BCUT2D eigenvalue weighted by Gasteiger charge is 2.11. The molecule has 0 saturated carbocycles. The summed E-state index contributed by atoms with van der Waals surface area (Å²) in [4.78, 5) is 11.0. The van der Waals surface area contributed by atoms with E-state index in [1.807, 2.05) is 0 Å². The molecule has 0 fully saturated rings. The average Bonchev–Trinajstić information content (AvgIpc) is 2.41. The van der Waals surface area contributed by atoms with Crippen LogP contribution in [0.4, 0.5) is 8.78 Å². The zero-order valence-corrected chi connectivity index (χ0v) is 9.61. The van der Waals surface area contributed by atoms with Gasteiger partial charge in [0.2, 0.25) is 0 Å². The van der Waals surface area contributed by atoms with Crippen LogP contribution >= 0.6 is 0 Å². The van der Waals surface area contributed by atoms with Crippen molar-refractivity contribution in [2.45, 2.75) is 0 Å². The topological polar surface area (TPSA) is 26.3 Å². The quantitative estimate of drug-likeness (QED) is 0.777. The monoisotopic (exact) mass is 248 g/mol. The number of rotatable bonds is 3. The Hall–Kier alpha value is -2.23. The third-order valence-corrected chi connectivity index (χ3v) is 2.60. The minimum absolute atomic E-state index is 0.0553. The van der Waals surface area contributed by atoms with Crippen LogP contribution in [0.5, 0.6) is 5.75 Å². The number of carbonyl (C=O) groups excluding carboxylic acids is 1. The van der Waals surface area contributed by atoms with Gasteiger partial charge >= 0.3 is 0 Å². The van der Waals surface area contributed by atoms with E-state index in [0.717, 1.165) is 18.2 Å². The van der Waals surface area contributed by atoms with E-state index in [-0.39, 0.29) is 11.1 Å². The zero-order valence-electron chi connectivity index (χ0n) is 9.61. The molecule has 2 nitrogen and oxygen atoms in total. The highest BCUT2D eigenvalue weighted by atomic mass is 19.1. The highest BCUT2D eigenvalue weighted by molar-refractivity contribution is 5.88. The van der Waals surface area contributed by atoms with Crippen molar-refractivity contribution in [2.75, 3.05) is 7.11 Å². The van der Waals surface area contributed by atoms with Crippen molar-refractivity contribution in [2.24, 2.45) is 0 Å². The number of aldehydes is 1. The number of halogens is 2. The Morgan fingerprint density at radius 3 is 2.50 bits per heavy atom. The molecule has 0 unspecified atom stereocenters. The second-order valence-corrected chi connectivity index (χ2v) is 3.70. The number of hydrogen-bond donors (Lipinski definition) is 0. The van der Waals surface area contributed by atoms with Crippen LogP contribution in [0.2, 0.25) is 0 Å². The SMILES string of the molecule is COc1ccc(-c2cc(F)ccc2F)c(C=O)c1. The smallest absolute Gasteiger partial charge is 0.150 e. The number of benzene rings is 2. The molecule has 0 aliphatic carbocycles. The van der Waals surface area contributed by atoms with Crippen molar-refractivity contribution in [3.63, 3.8) is 0 Å². The van der Waals surface area contributed by atoms with Crippen LogP contribution < -0.4 is 4.74 Å². The third-order valence-electron chi connectivity index (χ3n) is 2.60. The Bertz CT molecular complexity index is 594. The Kier molecular flexibility index (Phi) is 3.37. The van der Waals surface area contributed by atoms with Crippen molar-refractivity contribution < 1.29 is 18.3 Å². The van der Waals surface area contributed by atoms with Crippen molar-refractivity contribution in [1.29, 1.82) is 0 Å². The number of ether oxygens (including phenoxy) is 1. The molecule has 0 bridgehead atoms. The molecule has 0 spiro atoms. The van der Waals surface area contributed by atoms with Crippen molar-refractivity contribution in [3.05, 3.63) is 53.6 Å². The molecule has 0 amide bonds. The Morgan fingerprint density at radius 1 is 1.06 bits per heavy atom. The van der Waals surface area contributed by atoms with Crippen LogP contribution in [0.25, 0.3) is 11.1 Å². The molecule has 0 aliphatic heterocycles. The standard InChI is InChI=1S/C14H10F2O2/c1-18-11-3-4-12(9(6-11)8-17)13-7-10(15)2-5-14(13)16/h2-8H,1H3. The molecule has 0 radical (unpaired) electrons. The first-order valence-electron chi connectivity index (χ1n) is 5.24. The lowest BCUT2D eigenvalue weighted by Crippen LogP contribution is -1.93. The second-order valence-electron chi connectivity index (χ2n) is 3.70. The fraction of sp³-hybridized carbons (Fsp3) is 0.0714. The largest absolute Gasteiger partial charge is 0.497 e. The summed E-state index contributed by atoms with van der Waals surface area (Å²) in [6.07, 6.45) is 0.586. The van der Waals surface area contributed by atoms with Crippen molar-refractivity contribution >= 4 is 6.29 Å². The molecule has 0 N–H and O–H groups in total. The van der Waals surface area contributed by atoms with Gasteiger partial charge in [0.15, 0.2) is 6.29 Å². The van der Waals surface area contributed by atoms with E-state index >= 15 is 0 Å². The first-order chi connectivity index (χ1) is 8.65. The maximum Gasteiger partial charge on any atom is 0.150 e. The molecule has 4 heteroatoms. The first kappa shape index (κ1) is 12.2. The Labute approximate surface area is 103 Å². The van der Waals surface area contributed by atoms with E-state index in [0.29, 0.717) is 17.6 Å². The van der Waals surface area contributed by atoms with Gasteiger partial charge in [-0.05, 0) is 42.0 Å². The molecule has 2 rings (SSSR count). The van der Waals surface area contributed by atoms with Gasteiger partial charge in [-0.2, -0.15) is 0 Å². The molecule has 18 heavy (non-hydrogen) atoms. The molecule has 2 aromatic carbocycles. The lowest BCUT2D eigenvalue weighted by molar-refractivity contribution is 0.112. The summed E-state index contributed by atoms with van der Waals surface area (Å²) in [6.45, 7) is 0. The molecule has 2 aromatic rings. The van der Waals surface area contributed by atoms with E-state index in [1.165, 1.54) is 19.2 Å². The summed E-state index contributed by atoms with van der Waals surface area (Å²) < 4.78 is 31.7. The van der Waals surface area contributed by atoms with Crippen molar-refractivity contribution in [1.82, 2.24) is 0 Å². The van der Waals surface area contributed by atoms with Gasteiger partial charge in [0.05, 0.1) is 7.11 Å². The number of methoxy groups -OCH3 is 1. The van der Waals surface area contributed by atoms with Gasteiger partial charge in [-0.25, -0.2) is 8.78 Å². The Morgan fingerprint density at radius 2 is 1.83 bits per heavy atom. The van der Waals surface area contributed by atoms with Gasteiger partial charge in [-0.1, -0.05) is 0 Å². The summed E-state index contributed by atoms with van der Waals surface area (Å²) >= 11 is 0. The summed E-state index contributed by atoms with van der Waals surface area (Å²) in [5.74, 6) is -0.651. The zero-order chi connectivity index (χ0) is 13.1. The van der Waals surface area contributed by atoms with Crippen LogP contribution in [0.3, 0.4) is 0 Å². The molecule has 0 saturated heterocycles. The van der Waals surface area contributed by atoms with E-state index in [9.17, 15) is 13.6 Å². The van der Waals surface area contributed by atoms with E-state index < -0.39 is 11.6 Å². The second kappa shape index (κ2) is 4.96. The fourth-order valence-electron chi connectivity index (χ4n) is 1.71. The lowest BCUT2D eigenvalue weighted by Gasteiger charge is -2.08. The summed E-state index contributed by atoms with van der Waals surface area (Å²) in [5.41, 5.74) is 0.640. The number of carbonyl (C=O) groups is 1. The number of hydrogen-bond acceptors (Lipinski definition) is 2. The average molecular weight is 248 g/mol. The predicted octanol–water partition coefficient (Wildman–Crippen LogP) is 3.45. The molecule has 0 heterocycles. The lowest BCUT2D eigenvalue weighted by atomic mass is 9.99. The molecular weight excluding hydrogens is 238 g/mol. The summed E-state index contributed by atoms with van der Waals surface area (Å²) in [6, 6.07) is 7.72. The normalized spacial score (nSPS) is 10.2. The van der Waals surface area contributed by atoms with Gasteiger partial charge in [0.25, 0.3) is 0 Å². The van der Waals surface area contributed by atoms with Gasteiger partial charge in [0, 0.05) is 11.1 Å². The van der Waals surface area contributed by atoms with Gasteiger partial charge < -0.3 is 4.74 Å². The van der Waals surface area contributed by atoms with Crippen LogP contribution in [0.1, 0.15) is 10.4 Å². The van der Waals surface area contributed by atoms with Gasteiger partial charge in [-0.15, -0.1) is 0 Å². The molecule has 92 valence electrons. The first-order valence-corrected chi connectivity index (χ1v) is 5.24.